The SMILES string of the molecule is O=C(Nc1ccccn1)[C@H](Cc1ccccc1)N1C(=O)[C@@H]2[C@H](C1=O)[C@H]1C=C[C@H]2CC1. The first kappa shape index (κ1) is 18.7. The molecule has 1 aromatic heterocycles. The molecule has 5 atom stereocenters. The highest BCUT2D eigenvalue weighted by Gasteiger charge is 2.58. The molecule has 1 aliphatic heterocycles. The number of benzene rings is 1. The Morgan fingerprint density at radius 1 is 0.967 bits per heavy atom. The van der Waals surface area contributed by atoms with Gasteiger partial charge in [-0.15, -0.1) is 0 Å². The second-order valence-electron chi connectivity index (χ2n) is 8.30. The molecule has 4 aliphatic rings. The van der Waals surface area contributed by atoms with Crippen LogP contribution in [0.2, 0.25) is 0 Å². The van der Waals surface area contributed by atoms with Gasteiger partial charge in [-0.3, -0.25) is 19.3 Å². The van der Waals surface area contributed by atoms with Gasteiger partial charge >= 0.3 is 0 Å². The third kappa shape index (κ3) is 3.12. The molecule has 0 radical (unpaired) electrons. The molecule has 152 valence electrons. The Kier molecular flexibility index (Phi) is 4.69. The summed E-state index contributed by atoms with van der Waals surface area (Å²) in [6.07, 6.45) is 7.90. The number of nitrogens with one attached hydrogen (secondary N) is 1. The maximum absolute atomic E-state index is 13.4. The van der Waals surface area contributed by atoms with E-state index in [2.05, 4.69) is 22.5 Å². The zero-order chi connectivity index (χ0) is 20.7. The van der Waals surface area contributed by atoms with Crippen molar-refractivity contribution in [2.75, 3.05) is 5.32 Å². The van der Waals surface area contributed by atoms with Crippen LogP contribution in [0.5, 0.6) is 0 Å². The Bertz CT molecular complexity index is 973. The third-order valence-electron chi connectivity index (χ3n) is 6.60. The number of fused-ring (bicyclic) bond motifs is 1. The maximum Gasteiger partial charge on any atom is 0.249 e. The standard InChI is InChI=1S/C24H23N3O3/c28-22(26-19-8-4-5-13-25-19)18(14-15-6-2-1-3-7-15)27-23(29)20-16-9-10-17(12-11-16)21(20)24(27)30/h1-10,13,16-18,20-21H,11-12,14H2,(H,25,26,28)/t16-,17-,18-,20-,21+/m0/s1. The predicted molar refractivity (Wildman–Crippen MR) is 111 cm³/mol. The lowest BCUT2D eigenvalue weighted by atomic mass is 9.63. The van der Waals surface area contributed by atoms with E-state index in [1.165, 1.54) is 4.90 Å². The Balaban J connectivity index is 1.47. The Morgan fingerprint density at radius 3 is 2.17 bits per heavy atom. The van der Waals surface area contributed by atoms with Crippen molar-refractivity contribution in [2.45, 2.75) is 25.3 Å². The van der Waals surface area contributed by atoms with Crippen LogP contribution in [0.1, 0.15) is 18.4 Å². The third-order valence-corrected chi connectivity index (χ3v) is 6.60. The number of imide groups is 1. The lowest BCUT2D eigenvalue weighted by Crippen LogP contribution is -2.49. The summed E-state index contributed by atoms with van der Waals surface area (Å²) in [5.41, 5.74) is 0.898. The van der Waals surface area contributed by atoms with Crippen LogP contribution >= 0.6 is 0 Å². The van der Waals surface area contributed by atoms with Crippen molar-refractivity contribution in [3.8, 4) is 0 Å². The molecule has 2 heterocycles. The normalized spacial score (nSPS) is 27.8. The number of likely N-dealkylation sites (tertiary alicyclic amines) is 1. The zero-order valence-electron chi connectivity index (χ0n) is 16.5. The minimum Gasteiger partial charge on any atom is -0.309 e. The molecular weight excluding hydrogens is 378 g/mol. The van der Waals surface area contributed by atoms with E-state index in [-0.39, 0.29) is 41.9 Å². The number of carbonyl (C=O) groups is 3. The summed E-state index contributed by atoms with van der Waals surface area (Å²) < 4.78 is 0. The molecule has 2 bridgehead atoms. The summed E-state index contributed by atoms with van der Waals surface area (Å²) >= 11 is 0. The number of carbonyl (C=O) groups excluding carboxylic acids is 3. The van der Waals surface area contributed by atoms with Gasteiger partial charge in [0.25, 0.3) is 0 Å². The predicted octanol–water partition coefficient (Wildman–Crippen LogP) is 2.83. The molecule has 2 aromatic rings. The summed E-state index contributed by atoms with van der Waals surface area (Å²) in [5, 5.41) is 2.79. The summed E-state index contributed by atoms with van der Waals surface area (Å²) in [4.78, 5) is 45.5. The maximum atomic E-state index is 13.4. The van der Waals surface area contributed by atoms with Gasteiger partial charge in [-0.05, 0) is 42.4 Å². The van der Waals surface area contributed by atoms with E-state index in [0.717, 1.165) is 18.4 Å². The van der Waals surface area contributed by atoms with Gasteiger partial charge in [0, 0.05) is 12.6 Å². The molecule has 0 spiro atoms. The number of hydrogen-bond donors (Lipinski definition) is 1. The molecule has 6 nitrogen and oxygen atoms in total. The first-order valence-corrected chi connectivity index (χ1v) is 10.4. The van der Waals surface area contributed by atoms with E-state index in [9.17, 15) is 14.4 Å². The van der Waals surface area contributed by atoms with Gasteiger partial charge in [0.05, 0.1) is 11.8 Å². The van der Waals surface area contributed by atoms with Gasteiger partial charge in [0.2, 0.25) is 17.7 Å². The monoisotopic (exact) mass is 401 g/mol. The van der Waals surface area contributed by atoms with E-state index < -0.39 is 11.9 Å². The lowest BCUT2D eigenvalue weighted by Gasteiger charge is -2.38. The van der Waals surface area contributed by atoms with Crippen LogP contribution in [0.15, 0.2) is 66.9 Å². The van der Waals surface area contributed by atoms with Crippen molar-refractivity contribution >= 4 is 23.5 Å². The first-order chi connectivity index (χ1) is 14.6. The van der Waals surface area contributed by atoms with E-state index in [4.69, 9.17) is 0 Å². The van der Waals surface area contributed by atoms with Crippen molar-refractivity contribution in [2.24, 2.45) is 23.7 Å². The highest BCUT2D eigenvalue weighted by atomic mass is 16.2. The van der Waals surface area contributed by atoms with Crippen LogP contribution in [-0.2, 0) is 20.8 Å². The molecule has 2 fully saturated rings. The second-order valence-corrected chi connectivity index (χ2v) is 8.30. The summed E-state index contributed by atoms with van der Waals surface area (Å²) in [5.74, 6) is -0.876. The molecule has 6 rings (SSSR count). The fraction of sp³-hybridized carbons (Fsp3) is 0.333. The van der Waals surface area contributed by atoms with Crippen LogP contribution in [0.4, 0.5) is 5.82 Å². The lowest BCUT2D eigenvalue weighted by molar-refractivity contribution is -0.146. The molecule has 1 aromatic carbocycles. The van der Waals surface area contributed by atoms with Crippen LogP contribution < -0.4 is 5.32 Å². The van der Waals surface area contributed by atoms with Crippen molar-refractivity contribution in [3.63, 3.8) is 0 Å². The largest absolute Gasteiger partial charge is 0.309 e. The smallest absolute Gasteiger partial charge is 0.249 e. The quantitative estimate of drug-likeness (QED) is 0.617. The number of hydrogen-bond acceptors (Lipinski definition) is 4. The van der Waals surface area contributed by atoms with Crippen molar-refractivity contribution in [1.82, 2.24) is 9.88 Å². The van der Waals surface area contributed by atoms with Crippen molar-refractivity contribution < 1.29 is 14.4 Å². The minimum absolute atomic E-state index is 0.0951. The number of pyridine rings is 1. The number of nitrogens with zero attached hydrogens (tertiary/aromatic N) is 2. The molecule has 3 amide bonds. The van der Waals surface area contributed by atoms with Gasteiger partial charge in [-0.1, -0.05) is 48.6 Å². The second kappa shape index (κ2) is 7.52. The van der Waals surface area contributed by atoms with Gasteiger partial charge in [0.1, 0.15) is 11.9 Å². The van der Waals surface area contributed by atoms with E-state index in [1.807, 2.05) is 30.3 Å². The fourth-order valence-electron chi connectivity index (χ4n) is 5.19. The number of aromatic nitrogens is 1. The summed E-state index contributed by atoms with van der Waals surface area (Å²) in [6, 6.07) is 13.8. The van der Waals surface area contributed by atoms with Gasteiger partial charge < -0.3 is 5.32 Å². The molecule has 30 heavy (non-hydrogen) atoms. The van der Waals surface area contributed by atoms with Crippen LogP contribution in [0, 0.1) is 23.7 Å². The average Bonchev–Trinajstić information content (AvgIpc) is 3.07. The van der Waals surface area contributed by atoms with Crippen LogP contribution in [0.25, 0.3) is 0 Å². The molecular formula is C24H23N3O3. The van der Waals surface area contributed by atoms with Crippen LogP contribution in [0.3, 0.4) is 0 Å². The van der Waals surface area contributed by atoms with Crippen molar-refractivity contribution in [1.29, 1.82) is 0 Å². The summed E-state index contributed by atoms with van der Waals surface area (Å²) in [7, 11) is 0. The highest BCUT2D eigenvalue weighted by molar-refractivity contribution is 6.10. The van der Waals surface area contributed by atoms with Crippen molar-refractivity contribution in [3.05, 3.63) is 72.4 Å². The van der Waals surface area contributed by atoms with E-state index in [0.29, 0.717) is 5.82 Å². The number of amides is 3. The van der Waals surface area contributed by atoms with E-state index >= 15 is 0 Å². The highest BCUT2D eigenvalue weighted by Crippen LogP contribution is 2.50. The Morgan fingerprint density at radius 2 is 1.60 bits per heavy atom. The summed E-state index contributed by atoms with van der Waals surface area (Å²) in [6.45, 7) is 0. The van der Waals surface area contributed by atoms with Gasteiger partial charge in [-0.2, -0.15) is 0 Å². The molecule has 6 heteroatoms. The number of rotatable bonds is 5. The Labute approximate surface area is 175 Å². The Hall–Kier alpha value is -3.28. The number of anilines is 1. The van der Waals surface area contributed by atoms with Gasteiger partial charge in [-0.25, -0.2) is 4.98 Å². The molecule has 3 aliphatic carbocycles. The average molecular weight is 401 g/mol. The van der Waals surface area contributed by atoms with Gasteiger partial charge in [0.15, 0.2) is 0 Å². The first-order valence-electron chi connectivity index (χ1n) is 10.4. The number of allylic oxidation sites excluding steroid dienone is 2. The fourth-order valence-corrected chi connectivity index (χ4v) is 5.19. The molecule has 1 saturated heterocycles. The van der Waals surface area contributed by atoms with Crippen LogP contribution in [-0.4, -0.2) is 33.6 Å². The minimum atomic E-state index is -0.903. The van der Waals surface area contributed by atoms with E-state index in [1.54, 1.807) is 24.4 Å². The topological polar surface area (TPSA) is 79.4 Å². The molecule has 1 N–H and O–H groups in total. The molecule has 0 unspecified atom stereocenters. The molecule has 1 saturated carbocycles. The zero-order valence-corrected chi connectivity index (χ0v) is 16.5.